The van der Waals surface area contributed by atoms with E-state index in [2.05, 4.69) is 38.2 Å². The number of hydrogen-bond acceptors (Lipinski definition) is 8. The van der Waals surface area contributed by atoms with Crippen molar-refractivity contribution in [3.63, 3.8) is 0 Å². The number of allylic oxidation sites excluding steroid dienone is 1. The molecule has 1 aliphatic heterocycles. The van der Waals surface area contributed by atoms with Crippen LogP contribution in [0.25, 0.3) is 20.8 Å². The van der Waals surface area contributed by atoms with E-state index in [0.717, 1.165) is 27.2 Å². The molecule has 40 heavy (non-hydrogen) atoms. The van der Waals surface area contributed by atoms with Crippen molar-refractivity contribution in [3.05, 3.63) is 59.9 Å². The number of nitrogens with one attached hydrogen (secondary N) is 1. The molecule has 0 spiro atoms. The minimum Gasteiger partial charge on any atom is -0.459 e. The van der Waals surface area contributed by atoms with Gasteiger partial charge in [-0.2, -0.15) is 0 Å². The number of thiazole rings is 1. The first kappa shape index (κ1) is 30.1. The second-order valence-electron chi connectivity index (χ2n) is 10.2. The summed E-state index contributed by atoms with van der Waals surface area (Å²) < 4.78 is 24.2. The topological polar surface area (TPSA) is 99.1 Å². The van der Waals surface area contributed by atoms with Crippen LogP contribution in [-0.4, -0.2) is 61.9 Å². The Morgan fingerprint density at radius 3 is 2.55 bits per heavy atom. The lowest BCUT2D eigenvalue weighted by molar-refractivity contribution is -0.175. The van der Waals surface area contributed by atoms with Crippen molar-refractivity contribution in [2.24, 2.45) is 17.8 Å². The van der Waals surface area contributed by atoms with Gasteiger partial charge in [0, 0.05) is 30.4 Å². The first-order valence-corrected chi connectivity index (χ1v) is 14.8. The van der Waals surface area contributed by atoms with E-state index in [9.17, 15) is 4.79 Å². The number of aromatic nitrogens is 1. The van der Waals surface area contributed by atoms with Crippen LogP contribution in [0.1, 0.15) is 32.8 Å². The molecule has 2 aromatic carbocycles. The molecule has 3 aromatic rings. The number of rotatable bonds is 14. The summed E-state index contributed by atoms with van der Waals surface area (Å²) in [5, 5.41) is 12.7. The van der Waals surface area contributed by atoms with Crippen LogP contribution in [0.5, 0.6) is 0 Å². The Hall–Kier alpha value is -2.82. The average molecular weight is 569 g/mol. The molecule has 1 aliphatic rings. The zero-order valence-corrected chi connectivity index (χ0v) is 24.5. The number of aliphatic hydroxyl groups is 1. The Morgan fingerprint density at radius 2 is 1.85 bits per heavy atom. The van der Waals surface area contributed by atoms with Crippen LogP contribution >= 0.6 is 11.3 Å². The van der Waals surface area contributed by atoms with Gasteiger partial charge in [-0.15, -0.1) is 11.3 Å². The second-order valence-corrected chi connectivity index (χ2v) is 11.2. The van der Waals surface area contributed by atoms with Crippen molar-refractivity contribution in [3.8, 4) is 10.6 Å². The third-order valence-electron chi connectivity index (χ3n) is 6.89. The maximum absolute atomic E-state index is 13.3. The van der Waals surface area contributed by atoms with Gasteiger partial charge in [-0.3, -0.25) is 4.79 Å². The molecule has 0 saturated carbocycles. The van der Waals surface area contributed by atoms with E-state index in [-0.39, 0.29) is 36.0 Å². The molecular weight excluding hydrogens is 528 g/mol. The highest BCUT2D eigenvalue weighted by molar-refractivity contribution is 7.21. The quantitative estimate of drug-likeness (QED) is 0.238. The molecule has 0 bridgehead atoms. The number of nitrogens with zero attached hydrogens (tertiary/aromatic N) is 1. The molecule has 9 heteroatoms. The van der Waals surface area contributed by atoms with Gasteiger partial charge in [-0.25, -0.2) is 4.98 Å². The smallest absolute Gasteiger partial charge is 0.290 e. The summed E-state index contributed by atoms with van der Waals surface area (Å²) >= 11 is 1.66. The zero-order chi connectivity index (χ0) is 28.5. The van der Waals surface area contributed by atoms with Crippen LogP contribution in [0.3, 0.4) is 0 Å². The number of amides is 1. The number of ether oxygens (including phenoxy) is 4. The second kappa shape index (κ2) is 14.7. The molecule has 0 saturated heterocycles. The summed E-state index contributed by atoms with van der Waals surface area (Å²) in [7, 11) is 0. The van der Waals surface area contributed by atoms with Gasteiger partial charge in [-0.05, 0) is 80.1 Å². The van der Waals surface area contributed by atoms with Gasteiger partial charge in [0.1, 0.15) is 5.01 Å². The Morgan fingerprint density at radius 1 is 1.10 bits per heavy atom. The average Bonchev–Trinajstić information content (AvgIpc) is 3.36. The van der Waals surface area contributed by atoms with Crippen LogP contribution in [0, 0.1) is 24.7 Å². The number of hydrogen-bond donors (Lipinski definition) is 2. The Kier molecular flexibility index (Phi) is 11.1. The van der Waals surface area contributed by atoms with Crippen molar-refractivity contribution in [1.82, 2.24) is 4.98 Å². The minimum atomic E-state index is -0.539. The molecule has 0 aliphatic carbocycles. The first-order chi connectivity index (χ1) is 19.4. The van der Waals surface area contributed by atoms with Crippen molar-refractivity contribution < 1.29 is 28.8 Å². The summed E-state index contributed by atoms with van der Waals surface area (Å²) in [6.45, 7) is 10.5. The van der Waals surface area contributed by atoms with E-state index >= 15 is 0 Å². The molecular formula is C31H40N2O6S. The molecule has 3 atom stereocenters. The van der Waals surface area contributed by atoms with Crippen LogP contribution in [-0.2, 0) is 23.7 Å². The van der Waals surface area contributed by atoms with Crippen molar-refractivity contribution >= 4 is 33.1 Å². The van der Waals surface area contributed by atoms with Crippen LogP contribution in [0.2, 0.25) is 0 Å². The van der Waals surface area contributed by atoms with Crippen LogP contribution in [0.4, 0.5) is 5.69 Å². The van der Waals surface area contributed by atoms with Gasteiger partial charge < -0.3 is 29.4 Å². The molecule has 1 amide bonds. The molecule has 8 nitrogen and oxygen atoms in total. The lowest BCUT2D eigenvalue weighted by Gasteiger charge is -2.38. The zero-order valence-electron chi connectivity index (χ0n) is 23.7. The highest BCUT2D eigenvalue weighted by Crippen LogP contribution is 2.37. The van der Waals surface area contributed by atoms with Crippen LogP contribution < -0.4 is 5.32 Å². The molecule has 0 radical (unpaired) electrons. The molecule has 2 N–H and O–H groups in total. The Balaban J connectivity index is 1.40. The van der Waals surface area contributed by atoms with E-state index in [1.165, 1.54) is 5.56 Å². The summed E-state index contributed by atoms with van der Waals surface area (Å²) in [6.07, 6.45) is 2.12. The van der Waals surface area contributed by atoms with Crippen molar-refractivity contribution in [2.45, 2.75) is 40.4 Å². The van der Waals surface area contributed by atoms with E-state index < -0.39 is 6.29 Å². The standard InChI is InChI=1S/C31H40N2O6S/c1-5-38-31-24(12-14-36-16-17-37-15-13-34)25(20(2)3)19-27(39-31)29(35)32-23-9-7-22(8-10-23)30-33-26-11-6-21(4)18-28(26)40-30/h6-11,18-20,24-25,31,34H,5,12-17H2,1-4H3,(H,32,35)/t24-,25+,31+/m1/s1. The fraction of sp³-hybridized carbons (Fsp3) is 0.484. The third-order valence-corrected chi connectivity index (χ3v) is 7.96. The van der Waals surface area contributed by atoms with Gasteiger partial charge in [0.05, 0.1) is 36.6 Å². The number of aliphatic hydroxyl groups excluding tert-OH is 1. The summed E-state index contributed by atoms with van der Waals surface area (Å²) in [6, 6.07) is 14.0. The number of carbonyl (C=O) groups is 1. The number of fused-ring (bicyclic) bond motifs is 1. The number of carbonyl (C=O) groups excluding carboxylic acids is 1. The molecule has 216 valence electrons. The van der Waals surface area contributed by atoms with Gasteiger partial charge in [0.25, 0.3) is 5.91 Å². The van der Waals surface area contributed by atoms with Gasteiger partial charge in [0.15, 0.2) is 5.76 Å². The summed E-state index contributed by atoms with van der Waals surface area (Å²) in [5.41, 5.74) is 3.89. The molecule has 0 fully saturated rings. The maximum Gasteiger partial charge on any atom is 0.290 e. The fourth-order valence-corrected chi connectivity index (χ4v) is 5.92. The van der Waals surface area contributed by atoms with E-state index in [4.69, 9.17) is 29.0 Å². The molecule has 0 unspecified atom stereocenters. The predicted octanol–water partition coefficient (Wildman–Crippen LogP) is 5.79. The molecule has 4 rings (SSSR count). The lowest BCUT2D eigenvalue weighted by Crippen LogP contribution is -2.40. The normalized spacial score (nSPS) is 19.1. The summed E-state index contributed by atoms with van der Waals surface area (Å²) in [4.78, 5) is 18.0. The van der Waals surface area contributed by atoms with Crippen molar-refractivity contribution in [2.75, 3.05) is 45.0 Å². The van der Waals surface area contributed by atoms with Crippen molar-refractivity contribution in [1.29, 1.82) is 0 Å². The summed E-state index contributed by atoms with van der Waals surface area (Å²) in [5.74, 6) is 0.396. The number of benzene rings is 2. The fourth-order valence-electron chi connectivity index (χ4n) is 4.85. The Labute approximate surface area is 240 Å². The van der Waals surface area contributed by atoms with Gasteiger partial charge in [-0.1, -0.05) is 19.9 Å². The lowest BCUT2D eigenvalue weighted by atomic mass is 9.79. The number of anilines is 1. The number of aryl methyl sites for hydroxylation is 1. The van der Waals surface area contributed by atoms with Crippen LogP contribution in [0.15, 0.2) is 54.3 Å². The SMILES string of the molecule is CCO[C@H]1OC(C(=O)Nc2ccc(-c3nc4ccc(C)cc4s3)cc2)=C[C@@H](C(C)C)[C@H]1CCOCCOCCO. The highest BCUT2D eigenvalue weighted by Gasteiger charge is 2.38. The molecule has 1 aromatic heterocycles. The third kappa shape index (κ3) is 7.89. The predicted molar refractivity (Wildman–Crippen MR) is 158 cm³/mol. The maximum atomic E-state index is 13.3. The molecule has 2 heterocycles. The minimum absolute atomic E-state index is 0.00297. The monoisotopic (exact) mass is 568 g/mol. The Bertz CT molecular complexity index is 1270. The van der Waals surface area contributed by atoms with E-state index in [0.29, 0.717) is 38.7 Å². The largest absolute Gasteiger partial charge is 0.459 e. The van der Waals surface area contributed by atoms with E-state index in [1.54, 1.807) is 11.3 Å². The van der Waals surface area contributed by atoms with Gasteiger partial charge in [0.2, 0.25) is 6.29 Å². The van der Waals surface area contributed by atoms with E-state index in [1.807, 2.05) is 43.3 Å². The van der Waals surface area contributed by atoms with Gasteiger partial charge >= 0.3 is 0 Å². The first-order valence-electron chi connectivity index (χ1n) is 13.9. The highest BCUT2D eigenvalue weighted by atomic mass is 32.1.